The van der Waals surface area contributed by atoms with E-state index in [1.807, 2.05) is 26.0 Å². The number of rotatable bonds is 3. The molecule has 0 amide bonds. The van der Waals surface area contributed by atoms with Crippen LogP contribution in [0.2, 0.25) is 0 Å². The van der Waals surface area contributed by atoms with E-state index in [-0.39, 0.29) is 5.82 Å². The lowest BCUT2D eigenvalue weighted by atomic mass is 10.3. The van der Waals surface area contributed by atoms with Crippen molar-refractivity contribution >= 4 is 11.9 Å². The molecule has 88 valence electrons. The Morgan fingerprint density at radius 2 is 2.29 bits per heavy atom. The van der Waals surface area contributed by atoms with Crippen molar-refractivity contribution in [2.45, 2.75) is 13.8 Å². The molecule has 0 fully saturated rings. The first-order valence-electron chi connectivity index (χ1n) is 5.01. The number of allylic oxidation sites excluding steroid dienone is 1. The molecule has 0 spiro atoms. The molecule has 2 aromatic rings. The fraction of sp³-hybridized carbons (Fsp3) is 0.200. The number of hydrogen-bond acceptors (Lipinski definition) is 4. The van der Waals surface area contributed by atoms with Gasteiger partial charge in [-0.15, -0.1) is 5.10 Å². The van der Waals surface area contributed by atoms with Crippen molar-refractivity contribution in [3.8, 4) is 11.5 Å². The lowest BCUT2D eigenvalue weighted by Crippen LogP contribution is -1.86. The van der Waals surface area contributed by atoms with E-state index >= 15 is 0 Å². The van der Waals surface area contributed by atoms with Crippen LogP contribution < -0.4 is 0 Å². The molecule has 0 saturated heterocycles. The summed E-state index contributed by atoms with van der Waals surface area (Å²) in [5.74, 6) is 0.363. The van der Waals surface area contributed by atoms with Crippen LogP contribution >= 0.6 is 0 Å². The normalized spacial score (nSPS) is 11.2. The zero-order valence-corrected chi connectivity index (χ0v) is 9.39. The minimum atomic E-state index is -0.529. The predicted octanol–water partition coefficient (Wildman–Crippen LogP) is 2.05. The molecule has 2 rings (SSSR count). The standard InChI is InChI=1S/C10H11N5O2/c1-3-4-7-6(2)11-10(12-7)8-5-9(14-13-8)15(16)17/h3-5H,1-2H3,(H,11,12)(H,13,14)/b4-3-. The second-order valence-electron chi connectivity index (χ2n) is 3.49. The third kappa shape index (κ3) is 2.07. The van der Waals surface area contributed by atoms with E-state index in [2.05, 4.69) is 20.2 Å². The van der Waals surface area contributed by atoms with Crippen LogP contribution in [0, 0.1) is 17.0 Å². The van der Waals surface area contributed by atoms with Crippen LogP contribution in [0.5, 0.6) is 0 Å². The highest BCUT2D eigenvalue weighted by molar-refractivity contribution is 5.57. The molecule has 2 heterocycles. The first kappa shape index (κ1) is 11.1. The first-order chi connectivity index (χ1) is 8.11. The monoisotopic (exact) mass is 233 g/mol. The average Bonchev–Trinajstić information content (AvgIpc) is 2.86. The number of H-pyrrole nitrogens is 2. The van der Waals surface area contributed by atoms with Crippen molar-refractivity contribution < 1.29 is 4.92 Å². The molecule has 0 aliphatic rings. The van der Waals surface area contributed by atoms with E-state index < -0.39 is 4.92 Å². The number of aryl methyl sites for hydroxylation is 1. The molecule has 7 nitrogen and oxygen atoms in total. The van der Waals surface area contributed by atoms with Crippen LogP contribution in [-0.2, 0) is 0 Å². The molecular weight excluding hydrogens is 222 g/mol. The Morgan fingerprint density at radius 1 is 1.53 bits per heavy atom. The topological polar surface area (TPSA) is 100 Å². The van der Waals surface area contributed by atoms with Gasteiger partial charge in [-0.05, 0) is 24.8 Å². The van der Waals surface area contributed by atoms with E-state index in [0.717, 1.165) is 11.4 Å². The van der Waals surface area contributed by atoms with E-state index in [9.17, 15) is 10.1 Å². The molecule has 2 N–H and O–H groups in total. The largest absolute Gasteiger partial charge is 0.358 e. The van der Waals surface area contributed by atoms with Crippen molar-refractivity contribution in [1.82, 2.24) is 20.2 Å². The molecule has 0 aromatic carbocycles. The van der Waals surface area contributed by atoms with E-state index in [1.165, 1.54) is 6.07 Å². The highest BCUT2D eigenvalue weighted by Gasteiger charge is 2.14. The second kappa shape index (κ2) is 4.20. The number of nitro groups is 1. The Morgan fingerprint density at radius 3 is 2.88 bits per heavy atom. The molecule has 17 heavy (non-hydrogen) atoms. The molecule has 2 aromatic heterocycles. The quantitative estimate of drug-likeness (QED) is 0.625. The second-order valence-corrected chi connectivity index (χ2v) is 3.49. The van der Waals surface area contributed by atoms with Crippen LogP contribution in [0.1, 0.15) is 18.3 Å². The summed E-state index contributed by atoms with van der Waals surface area (Å²) in [6.45, 7) is 3.78. The molecule has 0 saturated carbocycles. The summed E-state index contributed by atoms with van der Waals surface area (Å²) in [6.07, 6.45) is 3.73. The molecular formula is C10H11N5O2. The van der Waals surface area contributed by atoms with Gasteiger partial charge >= 0.3 is 5.82 Å². The van der Waals surface area contributed by atoms with Crippen LogP contribution in [0.3, 0.4) is 0 Å². The number of imidazole rings is 1. The van der Waals surface area contributed by atoms with Crippen molar-refractivity contribution in [1.29, 1.82) is 0 Å². The average molecular weight is 233 g/mol. The summed E-state index contributed by atoms with van der Waals surface area (Å²) in [7, 11) is 0. The van der Waals surface area contributed by atoms with Gasteiger partial charge in [0.1, 0.15) is 0 Å². The molecule has 0 aliphatic carbocycles. The van der Waals surface area contributed by atoms with Gasteiger partial charge in [0.2, 0.25) is 0 Å². The van der Waals surface area contributed by atoms with Gasteiger partial charge in [-0.2, -0.15) is 0 Å². The Hall–Kier alpha value is -2.44. The van der Waals surface area contributed by atoms with Crippen molar-refractivity contribution in [3.05, 3.63) is 33.6 Å². The van der Waals surface area contributed by atoms with Gasteiger partial charge in [0.15, 0.2) is 11.5 Å². The van der Waals surface area contributed by atoms with Crippen molar-refractivity contribution in [3.63, 3.8) is 0 Å². The molecule has 0 unspecified atom stereocenters. The third-order valence-electron chi connectivity index (χ3n) is 2.25. The van der Waals surface area contributed by atoms with Gasteiger partial charge in [-0.1, -0.05) is 11.2 Å². The van der Waals surface area contributed by atoms with Gasteiger partial charge < -0.3 is 15.1 Å². The number of hydrogen-bond donors (Lipinski definition) is 2. The zero-order chi connectivity index (χ0) is 12.4. The maximum atomic E-state index is 10.5. The summed E-state index contributed by atoms with van der Waals surface area (Å²) < 4.78 is 0. The zero-order valence-electron chi connectivity index (χ0n) is 9.39. The van der Waals surface area contributed by atoms with E-state index in [1.54, 1.807) is 0 Å². The highest BCUT2D eigenvalue weighted by atomic mass is 16.6. The lowest BCUT2D eigenvalue weighted by Gasteiger charge is -1.85. The molecule has 0 radical (unpaired) electrons. The number of nitrogens with one attached hydrogen (secondary N) is 2. The van der Waals surface area contributed by atoms with Crippen LogP contribution in [0.25, 0.3) is 17.6 Å². The lowest BCUT2D eigenvalue weighted by molar-refractivity contribution is -0.389. The van der Waals surface area contributed by atoms with E-state index in [4.69, 9.17) is 0 Å². The van der Waals surface area contributed by atoms with Gasteiger partial charge in [-0.3, -0.25) is 0 Å². The molecule has 7 heteroatoms. The summed E-state index contributed by atoms with van der Waals surface area (Å²) in [5.41, 5.74) is 2.12. The molecule has 0 bridgehead atoms. The Bertz CT molecular complexity index is 581. The maximum absolute atomic E-state index is 10.5. The Balaban J connectivity index is 2.39. The summed E-state index contributed by atoms with van der Waals surface area (Å²) in [6, 6.07) is 1.34. The van der Waals surface area contributed by atoms with Crippen molar-refractivity contribution in [2.24, 2.45) is 0 Å². The highest BCUT2D eigenvalue weighted by Crippen LogP contribution is 2.20. The summed E-state index contributed by atoms with van der Waals surface area (Å²) in [5, 5.41) is 16.7. The van der Waals surface area contributed by atoms with Crippen LogP contribution in [-0.4, -0.2) is 25.1 Å². The smallest absolute Gasteiger partial charge is 0.343 e. The number of nitrogens with zero attached hydrogens (tertiary/aromatic N) is 3. The van der Waals surface area contributed by atoms with Gasteiger partial charge in [-0.25, -0.2) is 4.98 Å². The fourth-order valence-electron chi connectivity index (χ4n) is 1.44. The SMILES string of the molecule is C/C=C\c1nc(-c2cc([N+](=O)[O-])[nH]n2)[nH]c1C. The van der Waals surface area contributed by atoms with Gasteiger partial charge in [0.05, 0.1) is 11.8 Å². The van der Waals surface area contributed by atoms with Gasteiger partial charge in [0.25, 0.3) is 0 Å². The minimum absolute atomic E-state index is 0.151. The maximum Gasteiger partial charge on any atom is 0.343 e. The Labute approximate surface area is 96.7 Å². The predicted molar refractivity (Wildman–Crippen MR) is 62.3 cm³/mol. The molecule has 0 aliphatic heterocycles. The summed E-state index contributed by atoms with van der Waals surface area (Å²) in [4.78, 5) is 17.3. The van der Waals surface area contributed by atoms with Gasteiger partial charge in [0, 0.05) is 5.69 Å². The van der Waals surface area contributed by atoms with Crippen LogP contribution in [0.4, 0.5) is 5.82 Å². The minimum Gasteiger partial charge on any atom is -0.358 e. The summed E-state index contributed by atoms with van der Waals surface area (Å²) >= 11 is 0. The molecule has 0 atom stereocenters. The first-order valence-corrected chi connectivity index (χ1v) is 5.01. The van der Waals surface area contributed by atoms with Crippen molar-refractivity contribution in [2.75, 3.05) is 0 Å². The van der Waals surface area contributed by atoms with E-state index in [0.29, 0.717) is 11.5 Å². The Kier molecular flexibility index (Phi) is 2.73. The number of aromatic nitrogens is 4. The van der Waals surface area contributed by atoms with Crippen LogP contribution in [0.15, 0.2) is 12.1 Å². The number of aromatic amines is 2. The fourth-order valence-corrected chi connectivity index (χ4v) is 1.44. The third-order valence-corrected chi connectivity index (χ3v) is 2.25.